The minimum atomic E-state index is -2.57. The van der Waals surface area contributed by atoms with E-state index < -0.39 is 5.92 Å². The molecule has 5 nitrogen and oxygen atoms in total. The number of halogens is 2. The second-order valence-corrected chi connectivity index (χ2v) is 5.80. The van der Waals surface area contributed by atoms with E-state index in [1.54, 1.807) is 10.7 Å². The Morgan fingerprint density at radius 1 is 1.18 bits per heavy atom. The van der Waals surface area contributed by atoms with Gasteiger partial charge in [0, 0.05) is 31.3 Å². The quantitative estimate of drug-likeness (QED) is 0.693. The summed E-state index contributed by atoms with van der Waals surface area (Å²) in [6, 6.07) is 5.93. The average Bonchev–Trinajstić information content (AvgIpc) is 2.97. The first-order valence-corrected chi connectivity index (χ1v) is 7.26. The summed E-state index contributed by atoms with van der Waals surface area (Å²) in [4.78, 5) is 6.53. The lowest BCUT2D eigenvalue weighted by Gasteiger charge is -2.32. The first-order valence-electron chi connectivity index (χ1n) is 7.26. The minimum absolute atomic E-state index is 0.149. The third kappa shape index (κ3) is 2.08. The predicted molar refractivity (Wildman–Crippen MR) is 79.4 cm³/mol. The van der Waals surface area contributed by atoms with E-state index in [9.17, 15) is 8.78 Å². The van der Waals surface area contributed by atoms with E-state index in [1.807, 2.05) is 30.0 Å². The van der Waals surface area contributed by atoms with Crippen LogP contribution in [0.3, 0.4) is 0 Å². The molecule has 0 N–H and O–H groups in total. The van der Waals surface area contributed by atoms with E-state index in [2.05, 4.69) is 15.2 Å². The number of rotatable bonds is 1. The van der Waals surface area contributed by atoms with E-state index in [4.69, 9.17) is 0 Å². The fourth-order valence-corrected chi connectivity index (χ4v) is 2.91. The molecule has 0 amide bonds. The highest BCUT2D eigenvalue weighted by Gasteiger charge is 2.35. The topological polar surface area (TPSA) is 46.3 Å². The summed E-state index contributed by atoms with van der Waals surface area (Å²) in [5.41, 5.74) is 2.63. The van der Waals surface area contributed by atoms with Crippen LogP contribution >= 0.6 is 0 Å². The molecule has 4 rings (SSSR count). The van der Waals surface area contributed by atoms with E-state index in [0.29, 0.717) is 11.6 Å². The molecular formula is C15H15F2N5. The zero-order valence-electron chi connectivity index (χ0n) is 12.1. The van der Waals surface area contributed by atoms with Gasteiger partial charge in [-0.2, -0.15) is 0 Å². The van der Waals surface area contributed by atoms with Gasteiger partial charge in [0.1, 0.15) is 6.33 Å². The van der Waals surface area contributed by atoms with Gasteiger partial charge in [0.15, 0.2) is 5.65 Å². The number of hydrogen-bond donors (Lipinski definition) is 0. The lowest BCUT2D eigenvalue weighted by molar-refractivity contribution is -0.0222. The van der Waals surface area contributed by atoms with Gasteiger partial charge >= 0.3 is 0 Å². The van der Waals surface area contributed by atoms with Crippen molar-refractivity contribution in [3.63, 3.8) is 0 Å². The minimum Gasteiger partial charge on any atom is -0.341 e. The SMILES string of the molecule is Cc1ccc2nc(N3CCC(F)(F)CC3)n3cnnc3c2c1. The largest absolute Gasteiger partial charge is 0.341 e. The molecule has 22 heavy (non-hydrogen) atoms. The summed E-state index contributed by atoms with van der Waals surface area (Å²) in [5.74, 6) is -1.94. The second kappa shape index (κ2) is 4.59. The van der Waals surface area contributed by atoms with Gasteiger partial charge in [-0.25, -0.2) is 13.8 Å². The van der Waals surface area contributed by atoms with Crippen LogP contribution in [0.15, 0.2) is 24.5 Å². The van der Waals surface area contributed by atoms with Crippen molar-refractivity contribution in [1.82, 2.24) is 19.6 Å². The lowest BCUT2D eigenvalue weighted by atomic mass is 10.1. The summed E-state index contributed by atoms with van der Waals surface area (Å²) in [7, 11) is 0. The average molecular weight is 303 g/mol. The molecule has 0 unspecified atom stereocenters. The summed E-state index contributed by atoms with van der Waals surface area (Å²) >= 11 is 0. The van der Waals surface area contributed by atoms with Gasteiger partial charge in [-0.15, -0.1) is 10.2 Å². The van der Waals surface area contributed by atoms with Gasteiger partial charge in [-0.3, -0.25) is 4.40 Å². The van der Waals surface area contributed by atoms with Crippen molar-refractivity contribution in [3.05, 3.63) is 30.1 Å². The van der Waals surface area contributed by atoms with Crippen molar-refractivity contribution in [2.75, 3.05) is 18.0 Å². The maximum Gasteiger partial charge on any atom is 0.251 e. The van der Waals surface area contributed by atoms with Crippen LogP contribution in [0.5, 0.6) is 0 Å². The number of nitrogens with zero attached hydrogens (tertiary/aromatic N) is 5. The number of alkyl halides is 2. The van der Waals surface area contributed by atoms with Crippen molar-refractivity contribution in [1.29, 1.82) is 0 Å². The number of anilines is 1. The molecule has 3 heterocycles. The van der Waals surface area contributed by atoms with Crippen LogP contribution < -0.4 is 4.90 Å². The van der Waals surface area contributed by atoms with Gasteiger partial charge in [0.25, 0.3) is 5.92 Å². The molecule has 114 valence electrons. The molecule has 0 bridgehead atoms. The monoisotopic (exact) mass is 303 g/mol. The van der Waals surface area contributed by atoms with Crippen LogP contribution in [0.1, 0.15) is 18.4 Å². The molecule has 1 saturated heterocycles. The van der Waals surface area contributed by atoms with Crippen molar-refractivity contribution < 1.29 is 8.78 Å². The fraction of sp³-hybridized carbons (Fsp3) is 0.400. The van der Waals surface area contributed by atoms with Crippen LogP contribution in [0.25, 0.3) is 16.6 Å². The van der Waals surface area contributed by atoms with E-state index >= 15 is 0 Å². The molecule has 0 saturated carbocycles. The second-order valence-electron chi connectivity index (χ2n) is 5.80. The number of hydrogen-bond acceptors (Lipinski definition) is 4. The van der Waals surface area contributed by atoms with Gasteiger partial charge in [0.2, 0.25) is 5.95 Å². The molecule has 0 spiro atoms. The van der Waals surface area contributed by atoms with E-state index in [-0.39, 0.29) is 25.9 Å². The number of piperidine rings is 1. The van der Waals surface area contributed by atoms with Crippen molar-refractivity contribution >= 4 is 22.5 Å². The fourth-order valence-electron chi connectivity index (χ4n) is 2.91. The molecule has 1 aromatic carbocycles. The summed E-state index contributed by atoms with van der Waals surface area (Å²) in [5, 5.41) is 9.05. The first kappa shape index (κ1) is 13.4. The molecule has 1 aliphatic rings. The maximum atomic E-state index is 13.4. The zero-order valence-corrected chi connectivity index (χ0v) is 12.1. The Kier molecular flexibility index (Phi) is 2.79. The summed E-state index contributed by atoms with van der Waals surface area (Å²) < 4.78 is 28.5. The maximum absolute atomic E-state index is 13.4. The Bertz CT molecular complexity index is 848. The Hall–Kier alpha value is -2.31. The number of fused-ring (bicyclic) bond motifs is 3. The van der Waals surface area contributed by atoms with Gasteiger partial charge in [-0.05, 0) is 19.1 Å². The van der Waals surface area contributed by atoms with Crippen molar-refractivity contribution in [2.24, 2.45) is 0 Å². The first-order chi connectivity index (χ1) is 10.5. The molecular weight excluding hydrogens is 288 g/mol. The van der Waals surface area contributed by atoms with Gasteiger partial charge in [0.05, 0.1) is 5.52 Å². The van der Waals surface area contributed by atoms with Gasteiger partial charge < -0.3 is 4.90 Å². The highest BCUT2D eigenvalue weighted by atomic mass is 19.3. The molecule has 7 heteroatoms. The predicted octanol–water partition coefficient (Wildman–Crippen LogP) is 2.82. The number of aromatic nitrogens is 4. The van der Waals surface area contributed by atoms with E-state index in [0.717, 1.165) is 16.5 Å². The molecule has 1 aliphatic heterocycles. The summed E-state index contributed by atoms with van der Waals surface area (Å²) in [6.07, 6.45) is 1.29. The molecule has 0 atom stereocenters. The molecule has 0 radical (unpaired) electrons. The van der Waals surface area contributed by atoms with Crippen molar-refractivity contribution in [2.45, 2.75) is 25.7 Å². The van der Waals surface area contributed by atoms with Gasteiger partial charge in [-0.1, -0.05) is 11.6 Å². The zero-order chi connectivity index (χ0) is 15.3. The molecule has 0 aliphatic carbocycles. The Morgan fingerprint density at radius 2 is 1.95 bits per heavy atom. The number of benzene rings is 1. The third-order valence-corrected chi connectivity index (χ3v) is 4.15. The highest BCUT2D eigenvalue weighted by Crippen LogP contribution is 2.31. The van der Waals surface area contributed by atoms with Crippen molar-refractivity contribution in [3.8, 4) is 0 Å². The summed E-state index contributed by atoms with van der Waals surface area (Å²) in [6.45, 7) is 2.57. The smallest absolute Gasteiger partial charge is 0.251 e. The van der Waals surface area contributed by atoms with Crippen LogP contribution in [0, 0.1) is 6.92 Å². The Balaban J connectivity index is 1.86. The molecule has 3 aromatic rings. The van der Waals surface area contributed by atoms with Crippen LogP contribution in [0.4, 0.5) is 14.7 Å². The Morgan fingerprint density at radius 3 is 2.73 bits per heavy atom. The molecule has 2 aromatic heterocycles. The van der Waals surface area contributed by atoms with Crippen LogP contribution in [0.2, 0.25) is 0 Å². The van der Waals surface area contributed by atoms with Crippen LogP contribution in [-0.4, -0.2) is 38.6 Å². The Labute approximate surface area is 125 Å². The van der Waals surface area contributed by atoms with Crippen LogP contribution in [-0.2, 0) is 0 Å². The molecule has 1 fully saturated rings. The normalized spacial score (nSPS) is 18.2. The standard InChI is InChI=1S/C15H15F2N5/c1-10-2-3-12-11(8-10)13-20-18-9-22(13)14(19-12)21-6-4-15(16,17)5-7-21/h2-3,8-9H,4-7H2,1H3. The number of aryl methyl sites for hydroxylation is 1. The van der Waals surface area contributed by atoms with E-state index in [1.165, 1.54) is 0 Å². The highest BCUT2D eigenvalue weighted by molar-refractivity contribution is 5.92. The third-order valence-electron chi connectivity index (χ3n) is 4.15. The lowest BCUT2D eigenvalue weighted by Crippen LogP contribution is -2.40.